The Morgan fingerprint density at radius 3 is 2.56 bits per heavy atom. The van der Waals surface area contributed by atoms with Crippen molar-refractivity contribution in [3.63, 3.8) is 0 Å². The maximum atomic E-state index is 11.7. The second-order valence-electron chi connectivity index (χ2n) is 4.63. The fraction of sp³-hybridized carbons (Fsp3) is 1.00. The highest BCUT2D eigenvalue weighted by Crippen LogP contribution is 2.15. The van der Waals surface area contributed by atoms with Crippen molar-refractivity contribution in [2.45, 2.75) is 31.9 Å². The van der Waals surface area contributed by atoms with Crippen LogP contribution in [-0.4, -0.2) is 45.7 Å². The smallest absolute Gasteiger partial charge is 0.381 e. The van der Waals surface area contributed by atoms with Gasteiger partial charge in [-0.05, 0) is 44.7 Å². The molecule has 0 spiro atoms. The predicted octanol–water partition coefficient (Wildman–Crippen LogP) is 2.36. The van der Waals surface area contributed by atoms with Crippen molar-refractivity contribution in [3.05, 3.63) is 0 Å². The number of halogens is 3. The molecule has 0 amide bonds. The molecule has 1 unspecified atom stereocenters. The van der Waals surface area contributed by atoms with E-state index in [4.69, 9.17) is 4.74 Å². The minimum Gasteiger partial charge on any atom is -0.381 e. The third kappa shape index (κ3) is 8.72. The third-order valence-electron chi connectivity index (χ3n) is 2.91. The molecule has 0 aliphatic carbocycles. The van der Waals surface area contributed by atoms with E-state index in [1.165, 1.54) is 12.8 Å². The highest BCUT2D eigenvalue weighted by atomic mass is 19.4. The lowest BCUT2D eigenvalue weighted by Gasteiger charge is -2.22. The molecule has 0 aromatic carbocycles. The summed E-state index contributed by atoms with van der Waals surface area (Å²) in [4.78, 5) is 0. The van der Waals surface area contributed by atoms with Gasteiger partial charge in [0.2, 0.25) is 0 Å². The van der Waals surface area contributed by atoms with Gasteiger partial charge in [0.05, 0.1) is 0 Å². The number of hydrogen-bond acceptors (Lipinski definition) is 3. The standard InChI is InChI=1S/C12H22F3NO2/c13-12(14,15)10-18-7-2-6-17-8-4-11-3-1-5-16-9-11/h11,16H,1-10H2. The normalized spacial score (nSPS) is 21.2. The van der Waals surface area contributed by atoms with Gasteiger partial charge in [-0.25, -0.2) is 0 Å². The van der Waals surface area contributed by atoms with E-state index < -0.39 is 12.8 Å². The van der Waals surface area contributed by atoms with Gasteiger partial charge in [0.1, 0.15) is 6.61 Å². The molecule has 0 aromatic rings. The zero-order valence-corrected chi connectivity index (χ0v) is 10.6. The molecule has 1 fully saturated rings. The van der Waals surface area contributed by atoms with Crippen molar-refractivity contribution in [2.24, 2.45) is 5.92 Å². The number of alkyl halides is 3. The van der Waals surface area contributed by atoms with Crippen LogP contribution in [0.3, 0.4) is 0 Å². The van der Waals surface area contributed by atoms with Crippen LogP contribution in [0.2, 0.25) is 0 Å². The van der Waals surface area contributed by atoms with Crippen molar-refractivity contribution in [2.75, 3.05) is 39.5 Å². The van der Waals surface area contributed by atoms with Crippen molar-refractivity contribution in [1.29, 1.82) is 0 Å². The van der Waals surface area contributed by atoms with E-state index in [9.17, 15) is 13.2 Å². The molecule has 3 nitrogen and oxygen atoms in total. The van der Waals surface area contributed by atoms with Crippen molar-refractivity contribution >= 4 is 0 Å². The van der Waals surface area contributed by atoms with E-state index in [0.717, 1.165) is 19.5 Å². The number of piperidine rings is 1. The molecule has 1 atom stereocenters. The Morgan fingerprint density at radius 1 is 1.11 bits per heavy atom. The fourth-order valence-corrected chi connectivity index (χ4v) is 1.97. The van der Waals surface area contributed by atoms with Gasteiger partial charge in [0, 0.05) is 19.8 Å². The summed E-state index contributed by atoms with van der Waals surface area (Å²) >= 11 is 0. The molecule has 1 aliphatic heterocycles. The van der Waals surface area contributed by atoms with Gasteiger partial charge in [-0.1, -0.05) is 0 Å². The quantitative estimate of drug-likeness (QED) is 0.686. The molecule has 18 heavy (non-hydrogen) atoms. The molecule has 0 saturated carbocycles. The third-order valence-corrected chi connectivity index (χ3v) is 2.91. The largest absolute Gasteiger partial charge is 0.411 e. The van der Waals surface area contributed by atoms with Crippen LogP contribution >= 0.6 is 0 Å². The molecule has 0 bridgehead atoms. The first kappa shape index (κ1) is 15.7. The van der Waals surface area contributed by atoms with Gasteiger partial charge in [-0.2, -0.15) is 13.2 Å². The lowest BCUT2D eigenvalue weighted by atomic mass is 9.97. The summed E-state index contributed by atoms with van der Waals surface area (Å²) < 4.78 is 45.0. The van der Waals surface area contributed by atoms with E-state index in [0.29, 0.717) is 25.6 Å². The maximum absolute atomic E-state index is 11.7. The van der Waals surface area contributed by atoms with Crippen molar-refractivity contribution in [1.82, 2.24) is 5.32 Å². The molecule has 1 N–H and O–H groups in total. The number of nitrogens with one attached hydrogen (secondary N) is 1. The summed E-state index contributed by atoms with van der Waals surface area (Å²) in [5, 5.41) is 3.34. The van der Waals surface area contributed by atoms with Crippen LogP contribution < -0.4 is 5.32 Å². The summed E-state index contributed by atoms with van der Waals surface area (Å²) in [6.45, 7) is 2.25. The summed E-state index contributed by atoms with van der Waals surface area (Å²) in [6.07, 6.45) is -0.231. The van der Waals surface area contributed by atoms with E-state index in [1.54, 1.807) is 0 Å². The molecule has 1 aliphatic rings. The molecule has 1 heterocycles. The first-order valence-corrected chi connectivity index (χ1v) is 6.51. The maximum Gasteiger partial charge on any atom is 0.411 e. The molecule has 0 aromatic heterocycles. The SMILES string of the molecule is FC(F)(F)COCCCOCCC1CCCNC1. The Hall–Kier alpha value is -0.330. The van der Waals surface area contributed by atoms with E-state index in [2.05, 4.69) is 10.1 Å². The van der Waals surface area contributed by atoms with Gasteiger partial charge < -0.3 is 14.8 Å². The first-order valence-electron chi connectivity index (χ1n) is 6.51. The molecule has 6 heteroatoms. The van der Waals surface area contributed by atoms with Crippen LogP contribution in [0, 0.1) is 5.92 Å². The number of hydrogen-bond donors (Lipinski definition) is 1. The van der Waals surface area contributed by atoms with Gasteiger partial charge in [0.25, 0.3) is 0 Å². The zero-order chi connectivity index (χ0) is 13.3. The predicted molar refractivity (Wildman–Crippen MR) is 62.5 cm³/mol. The average Bonchev–Trinajstić information content (AvgIpc) is 2.32. The first-order chi connectivity index (χ1) is 8.58. The molecule has 1 saturated heterocycles. The number of rotatable bonds is 8. The van der Waals surface area contributed by atoms with Crippen LogP contribution in [0.5, 0.6) is 0 Å². The highest BCUT2D eigenvalue weighted by Gasteiger charge is 2.27. The van der Waals surface area contributed by atoms with Gasteiger partial charge >= 0.3 is 6.18 Å². The van der Waals surface area contributed by atoms with Crippen molar-refractivity contribution < 1.29 is 22.6 Å². The Labute approximate surface area is 106 Å². The number of ether oxygens (including phenoxy) is 2. The lowest BCUT2D eigenvalue weighted by Crippen LogP contribution is -2.30. The van der Waals surface area contributed by atoms with E-state index in [1.807, 2.05) is 0 Å². The molecule has 0 radical (unpaired) electrons. The summed E-state index contributed by atoms with van der Waals surface area (Å²) in [7, 11) is 0. The minimum absolute atomic E-state index is 0.102. The topological polar surface area (TPSA) is 30.5 Å². The Balaban J connectivity index is 1.81. The highest BCUT2D eigenvalue weighted by molar-refractivity contribution is 4.68. The van der Waals surface area contributed by atoms with Crippen LogP contribution in [0.15, 0.2) is 0 Å². The van der Waals surface area contributed by atoms with Crippen LogP contribution in [0.1, 0.15) is 25.7 Å². The van der Waals surface area contributed by atoms with E-state index >= 15 is 0 Å². The average molecular weight is 269 g/mol. The molecule has 1 rings (SSSR count). The second kappa shape index (κ2) is 8.72. The second-order valence-corrected chi connectivity index (χ2v) is 4.63. The van der Waals surface area contributed by atoms with Gasteiger partial charge in [-0.15, -0.1) is 0 Å². The van der Waals surface area contributed by atoms with Gasteiger partial charge in [0.15, 0.2) is 0 Å². The van der Waals surface area contributed by atoms with Crippen LogP contribution in [0.4, 0.5) is 13.2 Å². The zero-order valence-electron chi connectivity index (χ0n) is 10.6. The summed E-state index contributed by atoms with van der Waals surface area (Å²) in [5.41, 5.74) is 0. The molecular weight excluding hydrogens is 247 g/mol. The van der Waals surface area contributed by atoms with Gasteiger partial charge in [-0.3, -0.25) is 0 Å². The van der Waals surface area contributed by atoms with E-state index in [-0.39, 0.29) is 6.61 Å². The van der Waals surface area contributed by atoms with Crippen LogP contribution in [0.25, 0.3) is 0 Å². The Kier molecular flexibility index (Phi) is 7.62. The monoisotopic (exact) mass is 269 g/mol. The van der Waals surface area contributed by atoms with Crippen LogP contribution in [-0.2, 0) is 9.47 Å². The molecular formula is C12H22F3NO2. The minimum atomic E-state index is -4.23. The van der Waals surface area contributed by atoms with Crippen molar-refractivity contribution in [3.8, 4) is 0 Å². The Bertz CT molecular complexity index is 206. The molecule has 108 valence electrons. The lowest BCUT2D eigenvalue weighted by molar-refractivity contribution is -0.174. The summed E-state index contributed by atoms with van der Waals surface area (Å²) in [5.74, 6) is 0.681. The summed E-state index contributed by atoms with van der Waals surface area (Å²) in [6, 6.07) is 0. The Morgan fingerprint density at radius 2 is 1.89 bits per heavy atom. The fourth-order valence-electron chi connectivity index (χ4n) is 1.97.